The Balaban J connectivity index is 1.80. The lowest BCUT2D eigenvalue weighted by Crippen LogP contribution is -2.48. The van der Waals surface area contributed by atoms with Crippen LogP contribution in [-0.4, -0.2) is 10.5 Å². The first-order valence-electron chi connectivity index (χ1n) is 7.45. The molecule has 1 unspecified atom stereocenters. The van der Waals surface area contributed by atoms with Gasteiger partial charge in [0.25, 0.3) is 0 Å². The molecule has 98 valence electrons. The maximum Gasteiger partial charge on any atom is 0.0484 e. The van der Waals surface area contributed by atoms with Gasteiger partial charge in [-0.25, -0.2) is 0 Å². The second-order valence-corrected chi connectivity index (χ2v) is 6.22. The summed E-state index contributed by atoms with van der Waals surface area (Å²) in [5.74, 6) is 1.41. The highest BCUT2D eigenvalue weighted by Crippen LogP contribution is 2.46. The molecular weight excluding hydrogens is 220 g/mol. The molecule has 0 bridgehead atoms. The summed E-state index contributed by atoms with van der Waals surface area (Å²) in [4.78, 5) is 4.62. The summed E-state index contributed by atoms with van der Waals surface area (Å²) in [6.07, 6.45) is 10.6. The van der Waals surface area contributed by atoms with Gasteiger partial charge in [-0.2, -0.15) is 0 Å². The Morgan fingerprint density at radius 2 is 2.11 bits per heavy atom. The second kappa shape index (κ2) is 4.65. The van der Waals surface area contributed by atoms with Gasteiger partial charge >= 0.3 is 0 Å². The van der Waals surface area contributed by atoms with Crippen LogP contribution in [0.3, 0.4) is 0 Å². The monoisotopic (exact) mass is 244 g/mol. The SMILES string of the molecule is CCC1CCC(N)(C2CCc3cccnc32)CC1. The highest BCUT2D eigenvalue weighted by molar-refractivity contribution is 5.32. The molecule has 18 heavy (non-hydrogen) atoms. The van der Waals surface area contributed by atoms with Crippen molar-refractivity contribution in [3.05, 3.63) is 29.6 Å². The molecule has 3 rings (SSSR count). The molecule has 1 atom stereocenters. The molecular formula is C16H24N2. The van der Waals surface area contributed by atoms with Crippen molar-refractivity contribution < 1.29 is 0 Å². The first-order valence-corrected chi connectivity index (χ1v) is 7.45. The third kappa shape index (κ3) is 1.97. The zero-order valence-electron chi connectivity index (χ0n) is 11.4. The van der Waals surface area contributed by atoms with E-state index >= 15 is 0 Å². The standard InChI is InChI=1S/C16H24N2/c1-2-12-7-9-16(17,10-8-12)14-6-5-13-4-3-11-18-15(13)14/h3-4,11-12,14H,2,5-10,17H2,1H3. The molecule has 0 aliphatic heterocycles. The van der Waals surface area contributed by atoms with E-state index in [0.29, 0.717) is 5.92 Å². The lowest BCUT2D eigenvalue weighted by atomic mass is 9.69. The van der Waals surface area contributed by atoms with Crippen molar-refractivity contribution in [3.63, 3.8) is 0 Å². The number of nitrogens with two attached hydrogens (primary N) is 1. The number of hydrogen-bond acceptors (Lipinski definition) is 2. The number of aryl methyl sites for hydroxylation is 1. The Hall–Kier alpha value is -0.890. The Morgan fingerprint density at radius 1 is 1.33 bits per heavy atom. The summed E-state index contributed by atoms with van der Waals surface area (Å²) >= 11 is 0. The number of pyridine rings is 1. The van der Waals surface area contributed by atoms with Crippen molar-refractivity contribution in [2.24, 2.45) is 11.7 Å². The molecule has 0 saturated heterocycles. The zero-order chi connectivity index (χ0) is 12.6. The molecule has 1 aromatic rings. The number of nitrogens with zero attached hydrogens (tertiary/aromatic N) is 1. The van der Waals surface area contributed by atoms with Crippen molar-refractivity contribution in [2.45, 2.75) is 63.3 Å². The van der Waals surface area contributed by atoms with Crippen LogP contribution in [0.15, 0.2) is 18.3 Å². The Morgan fingerprint density at radius 3 is 2.83 bits per heavy atom. The van der Waals surface area contributed by atoms with Crippen LogP contribution >= 0.6 is 0 Å². The van der Waals surface area contributed by atoms with Crippen molar-refractivity contribution in [1.82, 2.24) is 4.98 Å². The zero-order valence-corrected chi connectivity index (χ0v) is 11.4. The third-order valence-corrected chi connectivity index (χ3v) is 5.27. The lowest BCUT2D eigenvalue weighted by molar-refractivity contribution is 0.194. The van der Waals surface area contributed by atoms with Crippen LogP contribution in [0.2, 0.25) is 0 Å². The molecule has 2 heteroatoms. The van der Waals surface area contributed by atoms with E-state index in [1.807, 2.05) is 6.20 Å². The lowest BCUT2D eigenvalue weighted by Gasteiger charge is -2.41. The Kier molecular flexibility index (Phi) is 3.14. The molecule has 2 aliphatic carbocycles. The fourth-order valence-electron chi connectivity index (χ4n) is 3.94. The fraction of sp³-hybridized carbons (Fsp3) is 0.688. The molecule has 2 aliphatic rings. The number of aromatic nitrogens is 1. The third-order valence-electron chi connectivity index (χ3n) is 5.27. The van der Waals surface area contributed by atoms with Crippen molar-refractivity contribution in [2.75, 3.05) is 0 Å². The molecule has 2 nitrogen and oxygen atoms in total. The van der Waals surface area contributed by atoms with Gasteiger partial charge < -0.3 is 5.73 Å². The van der Waals surface area contributed by atoms with E-state index in [1.165, 1.54) is 56.2 Å². The molecule has 0 amide bonds. The molecule has 2 N–H and O–H groups in total. The minimum absolute atomic E-state index is 0.0191. The van der Waals surface area contributed by atoms with Crippen LogP contribution in [0, 0.1) is 5.92 Å². The number of hydrogen-bond donors (Lipinski definition) is 1. The highest BCUT2D eigenvalue weighted by atomic mass is 14.8. The first-order chi connectivity index (χ1) is 8.73. The normalized spacial score (nSPS) is 35.4. The number of fused-ring (bicyclic) bond motifs is 1. The quantitative estimate of drug-likeness (QED) is 0.866. The maximum absolute atomic E-state index is 6.76. The summed E-state index contributed by atoms with van der Waals surface area (Å²) in [7, 11) is 0. The Bertz CT molecular complexity index is 419. The molecule has 0 aromatic carbocycles. The van der Waals surface area contributed by atoms with Crippen LogP contribution in [0.25, 0.3) is 0 Å². The van der Waals surface area contributed by atoms with Gasteiger partial charge in [0.05, 0.1) is 0 Å². The second-order valence-electron chi connectivity index (χ2n) is 6.22. The van der Waals surface area contributed by atoms with Crippen LogP contribution in [0.1, 0.15) is 62.6 Å². The van der Waals surface area contributed by atoms with Crippen molar-refractivity contribution >= 4 is 0 Å². The first kappa shape index (κ1) is 12.2. The topological polar surface area (TPSA) is 38.9 Å². The van der Waals surface area contributed by atoms with Crippen LogP contribution in [-0.2, 0) is 6.42 Å². The predicted octanol–water partition coefficient (Wildman–Crippen LogP) is 3.41. The minimum atomic E-state index is 0.0191. The van der Waals surface area contributed by atoms with E-state index in [1.54, 1.807) is 0 Å². The molecule has 1 aromatic heterocycles. The average Bonchev–Trinajstić information content (AvgIpc) is 2.84. The molecule has 1 heterocycles. The van der Waals surface area contributed by atoms with Crippen LogP contribution in [0.4, 0.5) is 0 Å². The van der Waals surface area contributed by atoms with E-state index in [9.17, 15) is 0 Å². The highest BCUT2D eigenvalue weighted by Gasteiger charge is 2.42. The van der Waals surface area contributed by atoms with Gasteiger partial charge in [0.15, 0.2) is 0 Å². The van der Waals surface area contributed by atoms with E-state index in [2.05, 4.69) is 24.0 Å². The average molecular weight is 244 g/mol. The minimum Gasteiger partial charge on any atom is -0.324 e. The predicted molar refractivity (Wildman–Crippen MR) is 74.5 cm³/mol. The fourth-order valence-corrected chi connectivity index (χ4v) is 3.94. The largest absolute Gasteiger partial charge is 0.324 e. The van der Waals surface area contributed by atoms with Gasteiger partial charge in [-0.15, -0.1) is 0 Å². The molecule has 1 saturated carbocycles. The smallest absolute Gasteiger partial charge is 0.0484 e. The molecule has 1 fully saturated rings. The number of rotatable bonds is 2. The van der Waals surface area contributed by atoms with E-state index in [-0.39, 0.29) is 5.54 Å². The summed E-state index contributed by atoms with van der Waals surface area (Å²) in [5.41, 5.74) is 9.51. The Labute approximate surface area is 110 Å². The van der Waals surface area contributed by atoms with Crippen molar-refractivity contribution in [1.29, 1.82) is 0 Å². The van der Waals surface area contributed by atoms with Gasteiger partial charge in [-0.1, -0.05) is 19.4 Å². The molecule has 0 spiro atoms. The summed E-state index contributed by atoms with van der Waals surface area (Å²) < 4.78 is 0. The summed E-state index contributed by atoms with van der Waals surface area (Å²) in [5, 5.41) is 0. The van der Waals surface area contributed by atoms with Gasteiger partial charge in [0, 0.05) is 23.3 Å². The van der Waals surface area contributed by atoms with Crippen LogP contribution in [0.5, 0.6) is 0 Å². The van der Waals surface area contributed by atoms with Gasteiger partial charge in [-0.05, 0) is 56.1 Å². The van der Waals surface area contributed by atoms with E-state index < -0.39 is 0 Å². The van der Waals surface area contributed by atoms with E-state index in [0.717, 1.165) is 5.92 Å². The van der Waals surface area contributed by atoms with Gasteiger partial charge in [0.2, 0.25) is 0 Å². The molecule has 0 radical (unpaired) electrons. The van der Waals surface area contributed by atoms with Crippen LogP contribution < -0.4 is 5.73 Å². The maximum atomic E-state index is 6.76. The van der Waals surface area contributed by atoms with Gasteiger partial charge in [0.1, 0.15) is 0 Å². The van der Waals surface area contributed by atoms with Gasteiger partial charge in [-0.3, -0.25) is 4.98 Å². The van der Waals surface area contributed by atoms with Crippen molar-refractivity contribution in [3.8, 4) is 0 Å². The summed E-state index contributed by atoms with van der Waals surface area (Å²) in [6.45, 7) is 2.31. The summed E-state index contributed by atoms with van der Waals surface area (Å²) in [6, 6.07) is 4.28. The van der Waals surface area contributed by atoms with E-state index in [4.69, 9.17) is 5.73 Å².